The molecule has 1 aromatic rings. The first-order valence-electron chi connectivity index (χ1n) is 6.50. The smallest absolute Gasteiger partial charge is 0.270 e. The number of likely N-dealkylation sites (tertiary alicyclic amines) is 1. The molecule has 1 unspecified atom stereocenters. The maximum atomic E-state index is 12.6. The summed E-state index contributed by atoms with van der Waals surface area (Å²) in [5.74, 6) is 0.0594. The van der Waals surface area contributed by atoms with Gasteiger partial charge in [-0.05, 0) is 47.7 Å². The van der Waals surface area contributed by atoms with E-state index in [2.05, 4.69) is 20.5 Å². The molecule has 0 aromatic carbocycles. The average Bonchev–Trinajstić information content (AvgIpc) is 2.97. The summed E-state index contributed by atoms with van der Waals surface area (Å²) in [5.41, 5.74) is 0.754. The van der Waals surface area contributed by atoms with Crippen molar-refractivity contribution >= 4 is 21.8 Å². The number of rotatable bonds is 3. The van der Waals surface area contributed by atoms with E-state index in [4.69, 9.17) is 0 Å². The van der Waals surface area contributed by atoms with E-state index in [1.165, 1.54) is 0 Å². The minimum atomic E-state index is -0.00108. The molecule has 1 N–H and O–H groups in total. The number of hydrogen-bond donors (Lipinski definition) is 1. The van der Waals surface area contributed by atoms with Gasteiger partial charge in [-0.25, -0.2) is 0 Å². The summed E-state index contributed by atoms with van der Waals surface area (Å²) in [6.07, 6.45) is 6.21. The molecule has 5 heteroatoms. The van der Waals surface area contributed by atoms with Crippen molar-refractivity contribution in [3.63, 3.8) is 0 Å². The lowest BCUT2D eigenvalue weighted by molar-refractivity contribution is 0.0666. The van der Waals surface area contributed by atoms with Crippen LogP contribution < -0.4 is 0 Å². The Morgan fingerprint density at radius 1 is 1.44 bits per heavy atom. The van der Waals surface area contributed by atoms with E-state index in [9.17, 15) is 9.90 Å². The Morgan fingerprint density at radius 3 is 2.89 bits per heavy atom. The molecule has 1 atom stereocenters. The van der Waals surface area contributed by atoms with E-state index in [1.54, 1.807) is 0 Å². The molecule has 1 amide bonds. The van der Waals surface area contributed by atoms with Gasteiger partial charge >= 0.3 is 0 Å². The van der Waals surface area contributed by atoms with Gasteiger partial charge in [0, 0.05) is 23.3 Å². The third-order valence-corrected chi connectivity index (χ3v) is 4.26. The van der Waals surface area contributed by atoms with Gasteiger partial charge in [0.1, 0.15) is 5.69 Å². The van der Waals surface area contributed by atoms with Crippen molar-refractivity contribution in [2.75, 3.05) is 13.2 Å². The van der Waals surface area contributed by atoms with Crippen molar-refractivity contribution in [1.29, 1.82) is 0 Å². The molecular weight excluding hydrogens is 296 g/mol. The number of halogens is 1. The number of nitrogens with zero attached hydrogens (tertiary/aromatic N) is 2. The maximum Gasteiger partial charge on any atom is 0.270 e. The molecule has 2 heterocycles. The van der Waals surface area contributed by atoms with Gasteiger partial charge in [-0.3, -0.25) is 4.79 Å². The molecule has 4 nitrogen and oxygen atoms in total. The van der Waals surface area contributed by atoms with Crippen LogP contribution >= 0.6 is 15.9 Å². The van der Waals surface area contributed by atoms with Gasteiger partial charge in [-0.1, -0.05) is 0 Å². The van der Waals surface area contributed by atoms with E-state index in [-0.39, 0.29) is 18.6 Å². The molecule has 18 heavy (non-hydrogen) atoms. The second kappa shape index (κ2) is 4.70. The van der Waals surface area contributed by atoms with Crippen LogP contribution in [-0.2, 0) is 0 Å². The summed E-state index contributed by atoms with van der Waals surface area (Å²) in [5, 5.41) is 9.32. The Hall–Kier alpha value is -0.810. The number of amides is 1. The zero-order valence-corrected chi connectivity index (χ0v) is 11.8. The fourth-order valence-electron chi connectivity index (χ4n) is 2.71. The SMILES string of the molecule is O=C(c1cc(Br)cn1C1CC1)N1CCCC1CO. The lowest BCUT2D eigenvalue weighted by atomic mass is 10.2. The van der Waals surface area contributed by atoms with E-state index < -0.39 is 0 Å². The fourth-order valence-corrected chi connectivity index (χ4v) is 3.15. The Kier molecular flexibility index (Phi) is 3.20. The third-order valence-electron chi connectivity index (χ3n) is 3.82. The van der Waals surface area contributed by atoms with Gasteiger partial charge in [-0.2, -0.15) is 0 Å². The second-order valence-corrected chi connectivity index (χ2v) is 6.07. The average molecular weight is 313 g/mol. The van der Waals surface area contributed by atoms with Crippen LogP contribution in [0.4, 0.5) is 0 Å². The summed E-state index contributed by atoms with van der Waals surface area (Å²) in [4.78, 5) is 14.4. The van der Waals surface area contributed by atoms with Crippen LogP contribution in [0.3, 0.4) is 0 Å². The van der Waals surface area contributed by atoms with Crippen molar-refractivity contribution in [1.82, 2.24) is 9.47 Å². The number of carbonyl (C=O) groups is 1. The van der Waals surface area contributed by atoms with Crippen LogP contribution in [0, 0.1) is 0 Å². The maximum absolute atomic E-state index is 12.6. The van der Waals surface area contributed by atoms with Crippen LogP contribution in [0.25, 0.3) is 0 Å². The van der Waals surface area contributed by atoms with Crippen LogP contribution in [0.2, 0.25) is 0 Å². The highest BCUT2D eigenvalue weighted by Crippen LogP contribution is 2.38. The van der Waals surface area contributed by atoms with Gasteiger partial charge in [0.05, 0.1) is 12.6 Å². The predicted octanol–water partition coefficient (Wildman–Crippen LogP) is 2.18. The van der Waals surface area contributed by atoms with Crippen LogP contribution in [0.15, 0.2) is 16.7 Å². The number of hydrogen-bond acceptors (Lipinski definition) is 2. The van der Waals surface area contributed by atoms with Crippen LogP contribution in [0.5, 0.6) is 0 Å². The summed E-state index contributed by atoms with van der Waals surface area (Å²) in [6, 6.07) is 2.39. The molecule has 1 aromatic heterocycles. The fraction of sp³-hybridized carbons (Fsp3) is 0.615. The number of aromatic nitrogens is 1. The number of aliphatic hydroxyl groups is 1. The molecular formula is C13H17BrN2O2. The summed E-state index contributed by atoms with van der Waals surface area (Å²) in [6.45, 7) is 0.828. The second-order valence-electron chi connectivity index (χ2n) is 5.16. The standard InChI is InChI=1S/C13H17BrN2O2/c14-9-6-12(16(7-9)10-3-4-10)13(18)15-5-1-2-11(15)8-17/h6-7,10-11,17H,1-5,8H2. The van der Waals surface area contributed by atoms with E-state index in [1.807, 2.05) is 17.2 Å². The Bertz CT molecular complexity index is 468. The quantitative estimate of drug-likeness (QED) is 0.930. The monoisotopic (exact) mass is 312 g/mol. The van der Waals surface area contributed by atoms with Crippen molar-refractivity contribution in [2.45, 2.75) is 37.8 Å². The molecule has 1 saturated heterocycles. The molecule has 2 fully saturated rings. The van der Waals surface area contributed by atoms with Gasteiger partial charge < -0.3 is 14.6 Å². The highest BCUT2D eigenvalue weighted by atomic mass is 79.9. The molecule has 1 saturated carbocycles. The zero-order chi connectivity index (χ0) is 12.7. The number of aliphatic hydroxyl groups excluding tert-OH is 1. The van der Waals surface area contributed by atoms with Gasteiger partial charge in [0.25, 0.3) is 5.91 Å². The number of carbonyl (C=O) groups excluding carboxylic acids is 1. The highest BCUT2D eigenvalue weighted by Gasteiger charge is 2.33. The Morgan fingerprint density at radius 2 is 2.22 bits per heavy atom. The van der Waals surface area contributed by atoms with Crippen molar-refractivity contribution in [2.24, 2.45) is 0 Å². The summed E-state index contributed by atoms with van der Waals surface area (Å²) >= 11 is 3.45. The van der Waals surface area contributed by atoms with Crippen LogP contribution in [0.1, 0.15) is 42.2 Å². The molecule has 0 spiro atoms. The first kappa shape index (κ1) is 12.2. The van der Waals surface area contributed by atoms with E-state index in [0.717, 1.165) is 42.4 Å². The highest BCUT2D eigenvalue weighted by molar-refractivity contribution is 9.10. The van der Waals surface area contributed by atoms with Crippen molar-refractivity contribution in [3.05, 3.63) is 22.4 Å². The van der Waals surface area contributed by atoms with Crippen molar-refractivity contribution < 1.29 is 9.90 Å². The molecule has 1 aliphatic heterocycles. The lowest BCUT2D eigenvalue weighted by Gasteiger charge is -2.23. The van der Waals surface area contributed by atoms with Gasteiger partial charge in [-0.15, -0.1) is 0 Å². The Balaban J connectivity index is 1.87. The largest absolute Gasteiger partial charge is 0.394 e. The van der Waals surface area contributed by atoms with Gasteiger partial charge in [0.15, 0.2) is 0 Å². The third kappa shape index (κ3) is 2.10. The van der Waals surface area contributed by atoms with Crippen molar-refractivity contribution in [3.8, 4) is 0 Å². The topological polar surface area (TPSA) is 45.5 Å². The zero-order valence-electron chi connectivity index (χ0n) is 10.2. The molecule has 3 rings (SSSR count). The molecule has 0 bridgehead atoms. The molecule has 2 aliphatic rings. The van der Waals surface area contributed by atoms with Crippen LogP contribution in [-0.4, -0.2) is 39.7 Å². The molecule has 98 valence electrons. The normalized spacial score (nSPS) is 23.7. The molecule has 0 radical (unpaired) electrons. The first-order chi connectivity index (χ1) is 8.70. The van der Waals surface area contributed by atoms with E-state index in [0.29, 0.717) is 6.04 Å². The minimum Gasteiger partial charge on any atom is -0.394 e. The predicted molar refractivity (Wildman–Crippen MR) is 71.5 cm³/mol. The summed E-state index contributed by atoms with van der Waals surface area (Å²) in [7, 11) is 0. The minimum absolute atomic E-state index is 0.00108. The molecule has 1 aliphatic carbocycles. The first-order valence-corrected chi connectivity index (χ1v) is 7.29. The van der Waals surface area contributed by atoms with E-state index >= 15 is 0 Å². The van der Waals surface area contributed by atoms with Gasteiger partial charge in [0.2, 0.25) is 0 Å². The lowest BCUT2D eigenvalue weighted by Crippen LogP contribution is -2.38. The Labute approximate surface area is 115 Å². The summed E-state index contributed by atoms with van der Waals surface area (Å²) < 4.78 is 3.04.